The SMILES string of the molecule is O=C(C1=COCCO1)N1CCc2[nH]c3ccccc3c2C1. The number of fused-ring (bicyclic) bond motifs is 3. The first-order valence-corrected chi connectivity index (χ1v) is 7.15. The molecule has 4 rings (SSSR count). The molecule has 0 saturated carbocycles. The van der Waals surface area contributed by atoms with Crippen molar-refractivity contribution in [3.63, 3.8) is 0 Å². The van der Waals surface area contributed by atoms with E-state index in [1.165, 1.54) is 22.9 Å². The van der Waals surface area contributed by atoms with Crippen LogP contribution in [0, 0.1) is 0 Å². The number of hydrogen-bond acceptors (Lipinski definition) is 3. The summed E-state index contributed by atoms with van der Waals surface area (Å²) in [6.45, 7) is 2.24. The van der Waals surface area contributed by atoms with E-state index in [2.05, 4.69) is 17.1 Å². The second-order valence-electron chi connectivity index (χ2n) is 5.31. The van der Waals surface area contributed by atoms with Gasteiger partial charge in [-0.25, -0.2) is 0 Å². The monoisotopic (exact) mass is 284 g/mol. The topological polar surface area (TPSA) is 54.6 Å². The van der Waals surface area contributed by atoms with Crippen molar-refractivity contribution in [3.8, 4) is 0 Å². The summed E-state index contributed by atoms with van der Waals surface area (Å²) in [7, 11) is 0. The van der Waals surface area contributed by atoms with E-state index in [1.54, 1.807) is 0 Å². The Hall–Kier alpha value is -2.43. The maximum Gasteiger partial charge on any atom is 0.292 e. The first-order valence-electron chi connectivity index (χ1n) is 7.15. The molecule has 2 aromatic rings. The molecule has 2 aliphatic heterocycles. The van der Waals surface area contributed by atoms with Crippen molar-refractivity contribution in [1.29, 1.82) is 0 Å². The summed E-state index contributed by atoms with van der Waals surface area (Å²) in [6, 6.07) is 8.21. The quantitative estimate of drug-likeness (QED) is 0.870. The van der Waals surface area contributed by atoms with E-state index in [0.29, 0.717) is 32.1 Å². The third-order valence-electron chi connectivity index (χ3n) is 4.03. The van der Waals surface area contributed by atoms with Gasteiger partial charge in [-0.3, -0.25) is 4.79 Å². The van der Waals surface area contributed by atoms with Crippen molar-refractivity contribution >= 4 is 16.8 Å². The summed E-state index contributed by atoms with van der Waals surface area (Å²) in [6.07, 6.45) is 2.26. The Kier molecular flexibility index (Phi) is 2.84. The van der Waals surface area contributed by atoms with Gasteiger partial charge >= 0.3 is 0 Å². The van der Waals surface area contributed by atoms with E-state index in [-0.39, 0.29) is 5.91 Å². The molecule has 0 unspecified atom stereocenters. The zero-order valence-corrected chi connectivity index (χ0v) is 11.6. The zero-order valence-electron chi connectivity index (χ0n) is 11.6. The Morgan fingerprint density at radius 2 is 2.14 bits per heavy atom. The zero-order chi connectivity index (χ0) is 14.2. The maximum absolute atomic E-state index is 12.5. The van der Waals surface area contributed by atoms with Crippen molar-refractivity contribution in [2.75, 3.05) is 19.8 Å². The van der Waals surface area contributed by atoms with Gasteiger partial charge in [-0.15, -0.1) is 0 Å². The van der Waals surface area contributed by atoms with Gasteiger partial charge < -0.3 is 19.4 Å². The molecule has 5 nitrogen and oxygen atoms in total. The number of nitrogens with one attached hydrogen (secondary N) is 1. The van der Waals surface area contributed by atoms with Gasteiger partial charge in [0.1, 0.15) is 19.5 Å². The molecule has 108 valence electrons. The number of para-hydroxylation sites is 1. The van der Waals surface area contributed by atoms with E-state index in [1.807, 2.05) is 17.0 Å². The molecular formula is C16H16N2O3. The van der Waals surface area contributed by atoms with Crippen molar-refractivity contribution < 1.29 is 14.3 Å². The third-order valence-corrected chi connectivity index (χ3v) is 4.03. The van der Waals surface area contributed by atoms with Crippen LogP contribution in [0.5, 0.6) is 0 Å². The van der Waals surface area contributed by atoms with E-state index in [4.69, 9.17) is 9.47 Å². The fourth-order valence-corrected chi connectivity index (χ4v) is 2.98. The number of hydrogen-bond donors (Lipinski definition) is 1. The summed E-state index contributed by atoms with van der Waals surface area (Å²) in [5, 5.41) is 1.19. The van der Waals surface area contributed by atoms with Crippen LogP contribution in [0.15, 0.2) is 36.3 Å². The summed E-state index contributed by atoms with van der Waals surface area (Å²) in [5.74, 6) is 0.218. The number of ether oxygens (including phenoxy) is 2. The Bertz CT molecular complexity index is 732. The van der Waals surface area contributed by atoms with Gasteiger partial charge in [0.2, 0.25) is 5.76 Å². The molecular weight excluding hydrogens is 268 g/mol. The number of carbonyl (C=O) groups excluding carboxylic acids is 1. The largest absolute Gasteiger partial charge is 0.494 e. The summed E-state index contributed by atoms with van der Waals surface area (Å²) >= 11 is 0. The highest BCUT2D eigenvalue weighted by molar-refractivity contribution is 5.92. The fourth-order valence-electron chi connectivity index (χ4n) is 2.98. The van der Waals surface area contributed by atoms with Crippen LogP contribution in [0.3, 0.4) is 0 Å². The molecule has 1 N–H and O–H groups in total. The Labute approximate surface area is 122 Å². The number of H-pyrrole nitrogens is 1. The standard InChI is InChI=1S/C16H16N2O3/c19-16(15-10-20-7-8-21-15)18-6-5-14-12(9-18)11-3-1-2-4-13(11)17-14/h1-4,10,17H,5-9H2. The van der Waals surface area contributed by atoms with Gasteiger partial charge in [0.25, 0.3) is 5.91 Å². The van der Waals surface area contributed by atoms with Gasteiger partial charge in [-0.2, -0.15) is 0 Å². The van der Waals surface area contributed by atoms with Crippen LogP contribution in [-0.2, 0) is 27.2 Å². The lowest BCUT2D eigenvalue weighted by Crippen LogP contribution is -2.38. The molecule has 0 bridgehead atoms. The highest BCUT2D eigenvalue weighted by Gasteiger charge is 2.27. The minimum absolute atomic E-state index is 0.0920. The van der Waals surface area contributed by atoms with Gasteiger partial charge in [-0.1, -0.05) is 18.2 Å². The minimum atomic E-state index is -0.0920. The van der Waals surface area contributed by atoms with Gasteiger partial charge in [0.15, 0.2) is 0 Å². The van der Waals surface area contributed by atoms with Crippen LogP contribution >= 0.6 is 0 Å². The van der Waals surface area contributed by atoms with Crippen molar-refractivity contribution in [2.24, 2.45) is 0 Å². The Balaban J connectivity index is 1.64. The molecule has 1 amide bonds. The number of aromatic amines is 1. The number of nitrogens with zero attached hydrogens (tertiary/aromatic N) is 1. The summed E-state index contributed by atoms with van der Waals surface area (Å²) < 4.78 is 10.6. The lowest BCUT2D eigenvalue weighted by atomic mass is 10.0. The first kappa shape index (κ1) is 12.3. The smallest absolute Gasteiger partial charge is 0.292 e. The average molecular weight is 284 g/mol. The van der Waals surface area contributed by atoms with Gasteiger partial charge in [0.05, 0.1) is 0 Å². The predicted octanol–water partition coefficient (Wildman–Crippen LogP) is 1.94. The van der Waals surface area contributed by atoms with Crippen LogP contribution in [0.1, 0.15) is 11.3 Å². The molecule has 3 heterocycles. The molecule has 0 atom stereocenters. The van der Waals surface area contributed by atoms with Crippen LogP contribution in [-0.4, -0.2) is 35.5 Å². The normalized spacial score (nSPS) is 17.7. The van der Waals surface area contributed by atoms with Crippen molar-refractivity contribution in [3.05, 3.63) is 47.5 Å². The summed E-state index contributed by atoms with van der Waals surface area (Å²) in [5.41, 5.74) is 3.57. The second-order valence-corrected chi connectivity index (χ2v) is 5.31. The number of rotatable bonds is 1. The summed E-state index contributed by atoms with van der Waals surface area (Å²) in [4.78, 5) is 17.7. The Morgan fingerprint density at radius 3 is 3.00 bits per heavy atom. The van der Waals surface area contributed by atoms with Crippen molar-refractivity contribution in [1.82, 2.24) is 9.88 Å². The molecule has 0 saturated heterocycles. The highest BCUT2D eigenvalue weighted by Crippen LogP contribution is 2.28. The molecule has 1 aromatic carbocycles. The van der Waals surface area contributed by atoms with Crippen LogP contribution in [0.25, 0.3) is 10.9 Å². The van der Waals surface area contributed by atoms with E-state index < -0.39 is 0 Å². The molecule has 0 fully saturated rings. The van der Waals surface area contributed by atoms with Gasteiger partial charge in [0, 0.05) is 41.7 Å². The molecule has 1 aromatic heterocycles. The maximum atomic E-state index is 12.5. The molecule has 0 aliphatic carbocycles. The van der Waals surface area contributed by atoms with Crippen LogP contribution in [0.4, 0.5) is 0 Å². The van der Waals surface area contributed by atoms with Gasteiger partial charge in [-0.05, 0) is 6.07 Å². The average Bonchev–Trinajstić information content (AvgIpc) is 2.93. The van der Waals surface area contributed by atoms with Crippen molar-refractivity contribution in [2.45, 2.75) is 13.0 Å². The number of amides is 1. The third kappa shape index (κ3) is 2.05. The minimum Gasteiger partial charge on any atom is -0.494 e. The molecule has 21 heavy (non-hydrogen) atoms. The van der Waals surface area contributed by atoms with E-state index in [9.17, 15) is 4.79 Å². The number of carbonyl (C=O) groups is 1. The van der Waals surface area contributed by atoms with E-state index >= 15 is 0 Å². The predicted molar refractivity (Wildman–Crippen MR) is 77.4 cm³/mol. The van der Waals surface area contributed by atoms with Crippen LogP contribution < -0.4 is 0 Å². The molecule has 0 radical (unpaired) electrons. The molecule has 2 aliphatic rings. The van der Waals surface area contributed by atoms with E-state index in [0.717, 1.165) is 11.9 Å². The second kappa shape index (κ2) is 4.84. The number of benzene rings is 1. The first-order chi connectivity index (χ1) is 10.3. The van der Waals surface area contributed by atoms with Crippen LogP contribution in [0.2, 0.25) is 0 Å². The highest BCUT2D eigenvalue weighted by atomic mass is 16.6. The lowest BCUT2D eigenvalue weighted by Gasteiger charge is -2.28. The molecule has 5 heteroatoms. The Morgan fingerprint density at radius 1 is 1.24 bits per heavy atom. The number of aromatic nitrogens is 1. The fraction of sp³-hybridized carbons (Fsp3) is 0.312. The lowest BCUT2D eigenvalue weighted by molar-refractivity contribution is -0.133. The molecule has 0 spiro atoms.